The molecule has 0 N–H and O–H groups in total. The number of aromatic nitrogens is 1. The Kier molecular flexibility index (Phi) is 5.84. The summed E-state index contributed by atoms with van der Waals surface area (Å²) in [5, 5.41) is 1.10. The maximum atomic E-state index is 13.3. The number of hydrogen-bond acceptors (Lipinski definition) is 6. The highest BCUT2D eigenvalue weighted by atomic mass is 16.5. The maximum Gasteiger partial charge on any atom is 0.231 e. The zero-order valence-corrected chi connectivity index (χ0v) is 20.4. The molecule has 0 spiro atoms. The minimum absolute atomic E-state index is 0.0664. The summed E-state index contributed by atoms with van der Waals surface area (Å²) in [6.07, 6.45) is 4.98. The standard InChI is InChI=1S/C28H31N3O4/c1-19-27-21(17-31(18-34-27)9-5-8-30-10-12-33-13-11-30)14-23-26(32)25(35-28(19)23)15-20-16-29(2)24-7-4-3-6-22(20)24/h3-4,6-7,14-16H,5,8-13,17-18H2,1-2H3/b25-15-. The maximum absolute atomic E-state index is 13.3. The van der Waals surface area contributed by atoms with Crippen LogP contribution < -0.4 is 9.47 Å². The molecule has 4 heterocycles. The number of benzene rings is 2. The van der Waals surface area contributed by atoms with Gasteiger partial charge in [0.15, 0.2) is 5.76 Å². The summed E-state index contributed by atoms with van der Waals surface area (Å²) in [5.74, 6) is 1.78. The molecule has 0 radical (unpaired) electrons. The second kappa shape index (κ2) is 9.15. The number of ketones is 1. The summed E-state index contributed by atoms with van der Waals surface area (Å²) in [5.41, 5.74) is 4.69. The van der Waals surface area contributed by atoms with Crippen LogP contribution in [0.5, 0.6) is 11.5 Å². The number of rotatable bonds is 5. The quantitative estimate of drug-likeness (QED) is 0.523. The number of allylic oxidation sites excluding steroid dienone is 1. The second-order valence-corrected chi connectivity index (χ2v) is 9.65. The van der Waals surface area contributed by atoms with Gasteiger partial charge in [0.25, 0.3) is 0 Å². The van der Waals surface area contributed by atoms with Gasteiger partial charge in [-0.2, -0.15) is 0 Å². The summed E-state index contributed by atoms with van der Waals surface area (Å²) in [6.45, 7) is 9.05. The average Bonchev–Trinajstić information content (AvgIpc) is 3.37. The predicted octanol–water partition coefficient (Wildman–Crippen LogP) is 3.98. The SMILES string of the molecule is Cc1c2c(cc3c1O/C(=C\c1cn(C)c4ccccc14)C3=O)CN(CCCN1CCOCC1)CO2. The van der Waals surface area contributed by atoms with Crippen molar-refractivity contribution in [2.75, 3.05) is 46.1 Å². The molecule has 35 heavy (non-hydrogen) atoms. The van der Waals surface area contributed by atoms with E-state index in [4.69, 9.17) is 14.2 Å². The molecule has 3 aliphatic rings. The van der Waals surface area contributed by atoms with Crippen molar-refractivity contribution in [2.24, 2.45) is 7.05 Å². The number of aryl methyl sites for hydroxylation is 1. The highest BCUT2D eigenvalue weighted by Crippen LogP contribution is 2.43. The fraction of sp³-hybridized carbons (Fsp3) is 0.393. The normalized spacial score (nSPS) is 19.6. The first-order valence-corrected chi connectivity index (χ1v) is 12.4. The second-order valence-electron chi connectivity index (χ2n) is 9.65. The van der Waals surface area contributed by atoms with Gasteiger partial charge in [-0.05, 0) is 38.1 Å². The molecule has 0 saturated carbocycles. The van der Waals surface area contributed by atoms with Crippen LogP contribution in [0.4, 0.5) is 0 Å². The molecule has 182 valence electrons. The molecule has 2 aromatic carbocycles. The van der Waals surface area contributed by atoms with Crippen molar-refractivity contribution < 1.29 is 19.0 Å². The van der Waals surface area contributed by atoms with Crippen LogP contribution in [-0.2, 0) is 18.3 Å². The molecule has 0 bridgehead atoms. The number of carbonyl (C=O) groups is 1. The van der Waals surface area contributed by atoms with Gasteiger partial charge in [-0.1, -0.05) is 18.2 Å². The van der Waals surface area contributed by atoms with Gasteiger partial charge in [-0.15, -0.1) is 0 Å². The number of para-hydroxylation sites is 1. The third kappa shape index (κ3) is 4.14. The van der Waals surface area contributed by atoms with Crippen LogP contribution in [0.3, 0.4) is 0 Å². The van der Waals surface area contributed by atoms with Gasteiger partial charge in [0, 0.05) is 67.0 Å². The molecule has 0 aliphatic carbocycles. The molecule has 1 aromatic heterocycles. The van der Waals surface area contributed by atoms with Crippen molar-refractivity contribution in [1.29, 1.82) is 0 Å². The third-order valence-electron chi connectivity index (χ3n) is 7.27. The number of fused-ring (bicyclic) bond motifs is 3. The molecular formula is C28H31N3O4. The monoisotopic (exact) mass is 473 g/mol. The van der Waals surface area contributed by atoms with Crippen LogP contribution in [0.1, 0.15) is 33.5 Å². The Morgan fingerprint density at radius 1 is 1.06 bits per heavy atom. The zero-order chi connectivity index (χ0) is 23.9. The fourth-order valence-electron chi connectivity index (χ4n) is 5.41. The minimum atomic E-state index is -0.0664. The lowest BCUT2D eigenvalue weighted by Crippen LogP contribution is -2.39. The Hall–Kier alpha value is -3.13. The summed E-state index contributed by atoms with van der Waals surface area (Å²) in [6, 6.07) is 10.1. The van der Waals surface area contributed by atoms with Crippen LogP contribution >= 0.6 is 0 Å². The Morgan fingerprint density at radius 2 is 1.86 bits per heavy atom. The van der Waals surface area contributed by atoms with E-state index in [1.807, 2.05) is 44.4 Å². The van der Waals surface area contributed by atoms with Crippen LogP contribution in [0.15, 0.2) is 42.3 Å². The van der Waals surface area contributed by atoms with Crippen molar-refractivity contribution >= 4 is 22.8 Å². The molecule has 0 amide bonds. The Labute approximate surface area is 205 Å². The first-order chi connectivity index (χ1) is 17.1. The molecule has 1 saturated heterocycles. The Balaban J connectivity index is 1.20. The van der Waals surface area contributed by atoms with E-state index >= 15 is 0 Å². The highest BCUT2D eigenvalue weighted by Gasteiger charge is 2.33. The lowest BCUT2D eigenvalue weighted by atomic mass is 10.00. The van der Waals surface area contributed by atoms with Gasteiger partial charge < -0.3 is 18.8 Å². The van der Waals surface area contributed by atoms with E-state index in [1.54, 1.807) is 0 Å². The van der Waals surface area contributed by atoms with Gasteiger partial charge >= 0.3 is 0 Å². The number of carbonyl (C=O) groups excluding carboxylic acids is 1. The van der Waals surface area contributed by atoms with E-state index in [9.17, 15) is 4.79 Å². The third-order valence-corrected chi connectivity index (χ3v) is 7.27. The predicted molar refractivity (Wildman–Crippen MR) is 135 cm³/mol. The van der Waals surface area contributed by atoms with Crippen molar-refractivity contribution in [3.63, 3.8) is 0 Å². The van der Waals surface area contributed by atoms with E-state index in [1.165, 1.54) is 0 Å². The number of ether oxygens (including phenoxy) is 3. The zero-order valence-electron chi connectivity index (χ0n) is 20.4. The fourth-order valence-corrected chi connectivity index (χ4v) is 5.41. The average molecular weight is 474 g/mol. The van der Waals surface area contributed by atoms with Gasteiger partial charge in [-0.3, -0.25) is 14.6 Å². The number of morpholine rings is 1. The summed E-state index contributed by atoms with van der Waals surface area (Å²) in [4.78, 5) is 18.1. The van der Waals surface area contributed by atoms with Gasteiger partial charge in [0.2, 0.25) is 5.78 Å². The van der Waals surface area contributed by atoms with Gasteiger partial charge in [0.1, 0.15) is 18.2 Å². The minimum Gasteiger partial charge on any atom is -0.477 e. The van der Waals surface area contributed by atoms with Crippen molar-refractivity contribution in [1.82, 2.24) is 14.4 Å². The van der Waals surface area contributed by atoms with E-state index in [2.05, 4.69) is 26.5 Å². The van der Waals surface area contributed by atoms with Crippen LogP contribution in [0.25, 0.3) is 17.0 Å². The van der Waals surface area contributed by atoms with Crippen molar-refractivity contribution in [3.05, 3.63) is 64.5 Å². The van der Waals surface area contributed by atoms with E-state index in [0.29, 0.717) is 23.8 Å². The summed E-state index contributed by atoms with van der Waals surface area (Å²) < 4.78 is 19.8. The van der Waals surface area contributed by atoms with Gasteiger partial charge in [-0.25, -0.2) is 0 Å². The number of Topliss-reactive ketones (excluding diaryl/α,β-unsaturated/α-hetero) is 1. The first-order valence-electron chi connectivity index (χ1n) is 12.4. The summed E-state index contributed by atoms with van der Waals surface area (Å²) >= 11 is 0. The van der Waals surface area contributed by atoms with Crippen LogP contribution in [0, 0.1) is 6.92 Å². The molecule has 6 rings (SSSR count). The summed E-state index contributed by atoms with van der Waals surface area (Å²) in [7, 11) is 2.01. The number of hydrogen-bond donors (Lipinski definition) is 0. The number of nitrogens with zero attached hydrogens (tertiary/aromatic N) is 3. The molecular weight excluding hydrogens is 442 g/mol. The van der Waals surface area contributed by atoms with Crippen molar-refractivity contribution in [2.45, 2.75) is 19.9 Å². The Morgan fingerprint density at radius 3 is 2.71 bits per heavy atom. The van der Waals surface area contributed by atoms with Gasteiger partial charge in [0.05, 0.1) is 18.8 Å². The smallest absolute Gasteiger partial charge is 0.231 e. The molecule has 7 nitrogen and oxygen atoms in total. The molecule has 3 aromatic rings. The van der Waals surface area contributed by atoms with E-state index in [-0.39, 0.29) is 5.78 Å². The van der Waals surface area contributed by atoms with E-state index in [0.717, 1.165) is 85.7 Å². The lowest BCUT2D eigenvalue weighted by Gasteiger charge is -2.31. The molecule has 7 heteroatoms. The van der Waals surface area contributed by atoms with Crippen LogP contribution in [0.2, 0.25) is 0 Å². The topological polar surface area (TPSA) is 56.2 Å². The molecule has 0 unspecified atom stereocenters. The molecule has 3 aliphatic heterocycles. The Bertz CT molecular complexity index is 1320. The van der Waals surface area contributed by atoms with E-state index < -0.39 is 0 Å². The lowest BCUT2D eigenvalue weighted by molar-refractivity contribution is 0.0329. The highest BCUT2D eigenvalue weighted by molar-refractivity contribution is 6.15. The largest absolute Gasteiger partial charge is 0.477 e. The molecule has 1 fully saturated rings. The van der Waals surface area contributed by atoms with Crippen LogP contribution in [-0.4, -0.2) is 66.3 Å². The van der Waals surface area contributed by atoms with Crippen molar-refractivity contribution in [3.8, 4) is 11.5 Å². The molecule has 0 atom stereocenters. The first kappa shape index (κ1) is 22.3.